The molecular formula is C17H26N2O4S. The molecule has 0 radical (unpaired) electrons. The van der Waals surface area contributed by atoms with Crippen LogP contribution < -0.4 is 5.32 Å². The highest BCUT2D eigenvalue weighted by atomic mass is 32.2. The van der Waals surface area contributed by atoms with E-state index in [4.69, 9.17) is 4.74 Å². The van der Waals surface area contributed by atoms with Gasteiger partial charge in [-0.2, -0.15) is 0 Å². The molecule has 6 nitrogen and oxygen atoms in total. The third-order valence-corrected chi connectivity index (χ3v) is 6.00. The number of nitrogens with zero attached hydrogens (tertiary/aromatic N) is 1. The molecule has 1 fully saturated rings. The summed E-state index contributed by atoms with van der Waals surface area (Å²) in [5, 5.41) is 2.81. The smallest absolute Gasteiger partial charge is 0.251 e. The van der Waals surface area contributed by atoms with E-state index in [9.17, 15) is 13.2 Å². The van der Waals surface area contributed by atoms with Gasteiger partial charge in [0.2, 0.25) is 10.0 Å². The second-order valence-corrected chi connectivity index (χ2v) is 8.10. The van der Waals surface area contributed by atoms with Crippen LogP contribution in [0.15, 0.2) is 29.2 Å². The summed E-state index contributed by atoms with van der Waals surface area (Å²) in [5.74, 6) is -0.279. The number of hydrogen-bond acceptors (Lipinski definition) is 4. The molecule has 0 bridgehead atoms. The first kappa shape index (κ1) is 18.9. The van der Waals surface area contributed by atoms with E-state index in [2.05, 4.69) is 5.32 Å². The summed E-state index contributed by atoms with van der Waals surface area (Å²) in [6.45, 7) is 3.67. The van der Waals surface area contributed by atoms with Crippen molar-refractivity contribution >= 4 is 15.9 Å². The fraction of sp³-hybridized carbons (Fsp3) is 0.588. The third kappa shape index (κ3) is 4.78. The molecule has 1 aliphatic heterocycles. The average Bonchev–Trinajstić information content (AvgIpc) is 3.11. The lowest BCUT2D eigenvalue weighted by molar-refractivity contribution is 0.0857. The lowest BCUT2D eigenvalue weighted by atomic mass is 10.2. The summed E-state index contributed by atoms with van der Waals surface area (Å²) in [6, 6.07) is 6.18. The van der Waals surface area contributed by atoms with Gasteiger partial charge in [-0.3, -0.25) is 4.79 Å². The molecule has 0 spiro atoms. The third-order valence-electron chi connectivity index (χ3n) is 4.15. The van der Waals surface area contributed by atoms with Gasteiger partial charge >= 0.3 is 0 Å². The van der Waals surface area contributed by atoms with E-state index in [0.29, 0.717) is 18.7 Å². The first-order valence-electron chi connectivity index (χ1n) is 8.41. The van der Waals surface area contributed by atoms with Gasteiger partial charge in [0.1, 0.15) is 0 Å². The molecule has 1 heterocycles. The monoisotopic (exact) mass is 354 g/mol. The minimum Gasteiger partial charge on any atom is -0.376 e. The summed E-state index contributed by atoms with van der Waals surface area (Å²) in [5.41, 5.74) is 0.345. The van der Waals surface area contributed by atoms with Gasteiger partial charge < -0.3 is 10.1 Å². The van der Waals surface area contributed by atoms with Gasteiger partial charge in [0.15, 0.2) is 0 Å². The fourth-order valence-electron chi connectivity index (χ4n) is 2.59. The van der Waals surface area contributed by atoms with Crippen molar-refractivity contribution in [3.63, 3.8) is 0 Å². The number of amides is 1. The molecule has 2 rings (SSSR count). The molecule has 1 amide bonds. The predicted molar refractivity (Wildman–Crippen MR) is 92.5 cm³/mol. The van der Waals surface area contributed by atoms with Gasteiger partial charge in [0.25, 0.3) is 5.91 Å². The second-order valence-electron chi connectivity index (χ2n) is 6.05. The zero-order chi connectivity index (χ0) is 17.6. The molecule has 0 aromatic heterocycles. The van der Waals surface area contributed by atoms with E-state index in [-0.39, 0.29) is 16.9 Å². The lowest BCUT2D eigenvalue weighted by Crippen LogP contribution is -2.32. The maximum Gasteiger partial charge on any atom is 0.251 e. The Hall–Kier alpha value is -1.44. The quantitative estimate of drug-likeness (QED) is 0.775. The first-order chi connectivity index (χ1) is 11.4. The normalized spacial score (nSPS) is 18.0. The molecule has 1 N–H and O–H groups in total. The predicted octanol–water partition coefficient (Wildman–Crippen LogP) is 2.02. The summed E-state index contributed by atoms with van der Waals surface area (Å²) in [7, 11) is -2.00. The molecule has 134 valence electrons. The molecule has 1 aromatic rings. The maximum atomic E-state index is 12.6. The van der Waals surface area contributed by atoms with Crippen molar-refractivity contribution in [2.75, 3.05) is 26.7 Å². The highest BCUT2D eigenvalue weighted by Gasteiger charge is 2.22. The van der Waals surface area contributed by atoms with Crippen LogP contribution in [0.3, 0.4) is 0 Å². The molecule has 1 aromatic carbocycles. The van der Waals surface area contributed by atoms with Crippen molar-refractivity contribution in [3.05, 3.63) is 29.8 Å². The SMILES string of the molecule is CCCCN(C)S(=O)(=O)c1cccc(C(=O)NCC2CCCO2)c1. The maximum absolute atomic E-state index is 12.6. The van der Waals surface area contributed by atoms with Gasteiger partial charge in [-0.15, -0.1) is 0 Å². The van der Waals surface area contributed by atoms with E-state index >= 15 is 0 Å². The van der Waals surface area contributed by atoms with Crippen molar-refractivity contribution in [1.82, 2.24) is 9.62 Å². The number of carbonyl (C=O) groups excluding carboxylic acids is 1. The average molecular weight is 354 g/mol. The van der Waals surface area contributed by atoms with Gasteiger partial charge in [0.05, 0.1) is 11.0 Å². The summed E-state index contributed by atoms with van der Waals surface area (Å²) in [6.07, 6.45) is 3.74. The molecule has 1 saturated heterocycles. The highest BCUT2D eigenvalue weighted by molar-refractivity contribution is 7.89. The Morgan fingerprint density at radius 1 is 1.42 bits per heavy atom. The summed E-state index contributed by atoms with van der Waals surface area (Å²) >= 11 is 0. The van der Waals surface area contributed by atoms with Gasteiger partial charge in [-0.1, -0.05) is 19.4 Å². The Bertz CT molecular complexity index is 654. The van der Waals surface area contributed by atoms with Crippen LogP contribution >= 0.6 is 0 Å². The number of carbonyl (C=O) groups is 1. The Labute approximate surface area is 144 Å². The van der Waals surface area contributed by atoms with E-state index in [1.54, 1.807) is 19.2 Å². The summed E-state index contributed by atoms with van der Waals surface area (Å²) < 4.78 is 31.9. The Morgan fingerprint density at radius 3 is 2.88 bits per heavy atom. The molecule has 7 heteroatoms. The second kappa shape index (κ2) is 8.60. The van der Waals surface area contributed by atoms with Crippen LogP contribution in [0.5, 0.6) is 0 Å². The molecule has 1 aliphatic rings. The van der Waals surface area contributed by atoms with Gasteiger partial charge in [0, 0.05) is 32.3 Å². The molecule has 24 heavy (non-hydrogen) atoms. The van der Waals surface area contributed by atoms with Crippen molar-refractivity contribution in [1.29, 1.82) is 0 Å². The zero-order valence-electron chi connectivity index (χ0n) is 14.3. The van der Waals surface area contributed by atoms with Gasteiger partial charge in [-0.05, 0) is 37.5 Å². The van der Waals surface area contributed by atoms with Crippen molar-refractivity contribution in [3.8, 4) is 0 Å². The Kier molecular flexibility index (Phi) is 6.77. The van der Waals surface area contributed by atoms with Crippen LogP contribution in [0, 0.1) is 0 Å². The number of sulfonamides is 1. The molecule has 0 saturated carbocycles. The van der Waals surface area contributed by atoms with Crippen LogP contribution in [-0.2, 0) is 14.8 Å². The lowest BCUT2D eigenvalue weighted by Gasteiger charge is -2.17. The molecule has 1 atom stereocenters. The van der Waals surface area contributed by atoms with Crippen molar-refractivity contribution in [2.45, 2.75) is 43.6 Å². The zero-order valence-corrected chi connectivity index (χ0v) is 15.1. The number of ether oxygens (including phenoxy) is 1. The Morgan fingerprint density at radius 2 is 2.21 bits per heavy atom. The first-order valence-corrected chi connectivity index (χ1v) is 9.85. The van der Waals surface area contributed by atoms with Crippen LogP contribution in [0.2, 0.25) is 0 Å². The van der Waals surface area contributed by atoms with Crippen LogP contribution in [0.4, 0.5) is 0 Å². The highest BCUT2D eigenvalue weighted by Crippen LogP contribution is 2.17. The summed E-state index contributed by atoms with van der Waals surface area (Å²) in [4.78, 5) is 12.4. The number of hydrogen-bond donors (Lipinski definition) is 1. The minimum absolute atomic E-state index is 0.0565. The van der Waals surface area contributed by atoms with Crippen molar-refractivity contribution < 1.29 is 17.9 Å². The van der Waals surface area contributed by atoms with Crippen LogP contribution in [0.1, 0.15) is 43.0 Å². The van der Waals surface area contributed by atoms with E-state index in [1.807, 2.05) is 6.92 Å². The topological polar surface area (TPSA) is 75.7 Å². The number of rotatable bonds is 8. The van der Waals surface area contributed by atoms with E-state index in [1.165, 1.54) is 16.4 Å². The van der Waals surface area contributed by atoms with E-state index < -0.39 is 10.0 Å². The standard InChI is InChI=1S/C17H26N2O4S/c1-3-4-10-19(2)24(21,22)16-9-5-7-14(12-16)17(20)18-13-15-8-6-11-23-15/h5,7,9,12,15H,3-4,6,8,10-11,13H2,1-2H3,(H,18,20). The van der Waals surface area contributed by atoms with Crippen molar-refractivity contribution in [2.24, 2.45) is 0 Å². The number of benzene rings is 1. The molecule has 1 unspecified atom stereocenters. The van der Waals surface area contributed by atoms with Crippen LogP contribution in [0.25, 0.3) is 0 Å². The number of nitrogens with one attached hydrogen (secondary N) is 1. The Balaban J connectivity index is 2.05. The largest absolute Gasteiger partial charge is 0.376 e. The van der Waals surface area contributed by atoms with Gasteiger partial charge in [-0.25, -0.2) is 12.7 Å². The van der Waals surface area contributed by atoms with E-state index in [0.717, 1.165) is 32.3 Å². The minimum atomic E-state index is -3.57. The fourth-order valence-corrected chi connectivity index (χ4v) is 3.85. The molecule has 0 aliphatic carbocycles. The molecular weight excluding hydrogens is 328 g/mol. The van der Waals surface area contributed by atoms with Crippen LogP contribution in [-0.4, -0.2) is 51.5 Å². The number of unbranched alkanes of at least 4 members (excludes halogenated alkanes) is 1.